The lowest BCUT2D eigenvalue weighted by atomic mass is 10.2. The van der Waals surface area contributed by atoms with Crippen molar-refractivity contribution in [1.82, 2.24) is 9.13 Å². The molecule has 2 rings (SSSR count). The monoisotopic (exact) mass is 264 g/mol. The summed E-state index contributed by atoms with van der Waals surface area (Å²) in [5, 5.41) is 18.4. The maximum atomic E-state index is 12.1. The van der Waals surface area contributed by atoms with Crippen LogP contribution in [0.1, 0.15) is 6.42 Å². The largest absolute Gasteiger partial charge is 0.507 e. The van der Waals surface area contributed by atoms with Crippen molar-refractivity contribution in [1.29, 1.82) is 0 Å². The number of nitrogens with zero attached hydrogens (tertiary/aromatic N) is 2. The lowest BCUT2D eigenvalue weighted by molar-refractivity contribution is -0.137. The summed E-state index contributed by atoms with van der Waals surface area (Å²) < 4.78 is 2.02. The number of aliphatic carboxylic acids is 1. The average Bonchev–Trinajstić information content (AvgIpc) is 2.35. The van der Waals surface area contributed by atoms with E-state index in [0.29, 0.717) is 5.52 Å². The molecule has 7 heteroatoms. The van der Waals surface area contributed by atoms with Crippen molar-refractivity contribution in [2.75, 3.05) is 0 Å². The normalized spacial score (nSPS) is 10.8. The second kappa shape index (κ2) is 4.60. The number of benzene rings is 1. The number of aromatic nitrogens is 2. The molecule has 100 valence electrons. The Kier molecular flexibility index (Phi) is 3.12. The first kappa shape index (κ1) is 12.9. The summed E-state index contributed by atoms with van der Waals surface area (Å²) >= 11 is 0. The number of carbonyl (C=O) groups is 1. The fourth-order valence-electron chi connectivity index (χ4n) is 1.94. The van der Waals surface area contributed by atoms with E-state index in [1.165, 1.54) is 23.7 Å². The molecular formula is C12H12N2O5. The van der Waals surface area contributed by atoms with Gasteiger partial charge in [-0.05, 0) is 12.1 Å². The Bertz CT molecular complexity index is 772. The molecule has 1 aromatic carbocycles. The zero-order valence-corrected chi connectivity index (χ0v) is 10.2. The van der Waals surface area contributed by atoms with Crippen molar-refractivity contribution >= 4 is 16.9 Å². The Labute approximate surface area is 107 Å². The number of rotatable bonds is 3. The van der Waals surface area contributed by atoms with Crippen molar-refractivity contribution in [2.24, 2.45) is 7.05 Å². The molecule has 0 atom stereocenters. The number of phenolic OH excluding ortho intramolecular Hbond substituents is 1. The molecule has 0 saturated carbocycles. The molecule has 0 aliphatic rings. The summed E-state index contributed by atoms with van der Waals surface area (Å²) in [5.41, 5.74) is -0.983. The van der Waals surface area contributed by atoms with E-state index in [0.717, 1.165) is 4.57 Å². The van der Waals surface area contributed by atoms with Crippen LogP contribution in [0.15, 0.2) is 27.8 Å². The van der Waals surface area contributed by atoms with Gasteiger partial charge in [0.25, 0.3) is 5.56 Å². The molecule has 19 heavy (non-hydrogen) atoms. The van der Waals surface area contributed by atoms with E-state index < -0.39 is 17.2 Å². The summed E-state index contributed by atoms with van der Waals surface area (Å²) in [6, 6.07) is 4.41. The SMILES string of the molecule is Cn1c(=O)n(CCC(=O)O)c(=O)c2c(O)cccc21. The number of carboxylic acid groups (broad SMARTS) is 1. The predicted molar refractivity (Wildman–Crippen MR) is 67.4 cm³/mol. The molecule has 1 heterocycles. The number of aromatic hydroxyl groups is 1. The minimum Gasteiger partial charge on any atom is -0.507 e. The first-order valence-corrected chi connectivity index (χ1v) is 5.57. The van der Waals surface area contributed by atoms with Gasteiger partial charge >= 0.3 is 11.7 Å². The Morgan fingerprint density at radius 2 is 2.00 bits per heavy atom. The number of aryl methyl sites for hydroxylation is 1. The van der Waals surface area contributed by atoms with Crippen LogP contribution in [0, 0.1) is 0 Å². The Balaban J connectivity index is 2.79. The van der Waals surface area contributed by atoms with Gasteiger partial charge in [-0.15, -0.1) is 0 Å². The maximum Gasteiger partial charge on any atom is 0.331 e. The minimum absolute atomic E-state index is 0.00925. The summed E-state index contributed by atoms with van der Waals surface area (Å²) in [5.74, 6) is -1.34. The highest BCUT2D eigenvalue weighted by Gasteiger charge is 2.14. The van der Waals surface area contributed by atoms with E-state index >= 15 is 0 Å². The van der Waals surface area contributed by atoms with Gasteiger partial charge in [0, 0.05) is 13.6 Å². The standard InChI is InChI=1S/C12H12N2O5/c1-13-7-3-2-4-8(15)10(7)11(18)14(12(13)19)6-5-9(16)17/h2-4,15H,5-6H2,1H3,(H,16,17). The van der Waals surface area contributed by atoms with Crippen molar-refractivity contribution in [3.8, 4) is 5.75 Å². The smallest absolute Gasteiger partial charge is 0.331 e. The van der Waals surface area contributed by atoms with Gasteiger partial charge in [-0.1, -0.05) is 6.07 Å². The Morgan fingerprint density at radius 1 is 1.32 bits per heavy atom. The second-order valence-electron chi connectivity index (χ2n) is 4.11. The first-order chi connectivity index (χ1) is 8.93. The highest BCUT2D eigenvalue weighted by Crippen LogP contribution is 2.18. The topological polar surface area (TPSA) is 102 Å². The van der Waals surface area contributed by atoms with Crippen LogP contribution in [-0.4, -0.2) is 25.3 Å². The van der Waals surface area contributed by atoms with E-state index in [-0.39, 0.29) is 24.1 Å². The van der Waals surface area contributed by atoms with Crippen molar-refractivity contribution in [3.63, 3.8) is 0 Å². The Morgan fingerprint density at radius 3 is 2.63 bits per heavy atom. The fourth-order valence-corrected chi connectivity index (χ4v) is 1.94. The van der Waals surface area contributed by atoms with Crippen LogP contribution in [-0.2, 0) is 18.4 Å². The van der Waals surface area contributed by atoms with Crippen LogP contribution < -0.4 is 11.2 Å². The lowest BCUT2D eigenvalue weighted by Gasteiger charge is -2.10. The summed E-state index contributed by atoms with van der Waals surface area (Å²) in [7, 11) is 1.46. The molecule has 1 aromatic heterocycles. The fraction of sp³-hybridized carbons (Fsp3) is 0.250. The molecule has 0 unspecified atom stereocenters. The third kappa shape index (κ3) is 2.10. The molecule has 0 aliphatic heterocycles. The third-order valence-electron chi connectivity index (χ3n) is 2.91. The van der Waals surface area contributed by atoms with Gasteiger partial charge in [-0.25, -0.2) is 4.79 Å². The summed E-state index contributed by atoms with van der Waals surface area (Å²) in [6.07, 6.45) is -0.339. The molecule has 7 nitrogen and oxygen atoms in total. The van der Waals surface area contributed by atoms with Gasteiger partial charge in [0.2, 0.25) is 0 Å². The van der Waals surface area contributed by atoms with Crippen molar-refractivity contribution in [3.05, 3.63) is 39.0 Å². The molecule has 0 bridgehead atoms. The summed E-state index contributed by atoms with van der Waals surface area (Å²) in [4.78, 5) is 34.6. The number of carboxylic acids is 1. The highest BCUT2D eigenvalue weighted by atomic mass is 16.4. The van der Waals surface area contributed by atoms with Crippen molar-refractivity contribution < 1.29 is 15.0 Å². The number of fused-ring (bicyclic) bond motifs is 1. The lowest BCUT2D eigenvalue weighted by Crippen LogP contribution is -2.39. The number of hydrogen-bond donors (Lipinski definition) is 2. The quantitative estimate of drug-likeness (QED) is 0.804. The highest BCUT2D eigenvalue weighted by molar-refractivity contribution is 5.84. The minimum atomic E-state index is -1.11. The van der Waals surface area contributed by atoms with Gasteiger partial charge in [-0.3, -0.25) is 18.7 Å². The molecule has 0 radical (unpaired) electrons. The number of phenols is 1. The molecule has 2 aromatic rings. The van der Waals surface area contributed by atoms with E-state index in [4.69, 9.17) is 5.11 Å². The van der Waals surface area contributed by atoms with E-state index in [9.17, 15) is 19.5 Å². The maximum absolute atomic E-state index is 12.1. The van der Waals surface area contributed by atoms with Crippen LogP contribution in [0.5, 0.6) is 5.75 Å². The molecule has 0 aliphatic carbocycles. The predicted octanol–water partition coefficient (Wildman–Crippen LogP) is -0.120. The molecule has 2 N–H and O–H groups in total. The number of hydrogen-bond acceptors (Lipinski definition) is 4. The zero-order valence-electron chi connectivity index (χ0n) is 10.2. The molecule has 0 spiro atoms. The van der Waals surface area contributed by atoms with E-state index in [2.05, 4.69) is 0 Å². The first-order valence-electron chi connectivity index (χ1n) is 5.57. The van der Waals surface area contributed by atoms with Gasteiger partial charge < -0.3 is 10.2 Å². The molecular weight excluding hydrogens is 252 g/mol. The third-order valence-corrected chi connectivity index (χ3v) is 2.91. The average molecular weight is 264 g/mol. The van der Waals surface area contributed by atoms with E-state index in [1.807, 2.05) is 0 Å². The zero-order chi connectivity index (χ0) is 14.2. The molecule has 0 saturated heterocycles. The van der Waals surface area contributed by atoms with Crippen LogP contribution in [0.25, 0.3) is 10.9 Å². The van der Waals surface area contributed by atoms with Crippen molar-refractivity contribution in [2.45, 2.75) is 13.0 Å². The van der Waals surface area contributed by atoms with Gasteiger partial charge in [0.05, 0.1) is 11.9 Å². The second-order valence-corrected chi connectivity index (χ2v) is 4.11. The van der Waals surface area contributed by atoms with Gasteiger partial charge in [0.1, 0.15) is 11.1 Å². The Hall–Kier alpha value is -2.57. The van der Waals surface area contributed by atoms with Crippen LogP contribution in [0.3, 0.4) is 0 Å². The van der Waals surface area contributed by atoms with Crippen LogP contribution in [0.2, 0.25) is 0 Å². The van der Waals surface area contributed by atoms with Gasteiger partial charge in [0.15, 0.2) is 0 Å². The molecule has 0 amide bonds. The van der Waals surface area contributed by atoms with E-state index in [1.54, 1.807) is 6.07 Å². The van der Waals surface area contributed by atoms with Crippen LogP contribution >= 0.6 is 0 Å². The van der Waals surface area contributed by atoms with Crippen LogP contribution in [0.4, 0.5) is 0 Å². The summed E-state index contributed by atoms with van der Waals surface area (Å²) in [6.45, 7) is -0.231. The van der Waals surface area contributed by atoms with Gasteiger partial charge in [-0.2, -0.15) is 0 Å². The molecule has 0 fully saturated rings.